The van der Waals surface area contributed by atoms with E-state index < -0.39 is 0 Å². The Hall–Kier alpha value is -7.79. The molecule has 0 N–H and O–H groups in total. The van der Waals surface area contributed by atoms with Crippen LogP contribution in [0.1, 0.15) is 22.3 Å². The summed E-state index contributed by atoms with van der Waals surface area (Å²) in [6.45, 7) is 0. The highest BCUT2D eigenvalue weighted by atomic mass is 32.1. The lowest BCUT2D eigenvalue weighted by Crippen LogP contribution is -2.25. The first-order chi connectivity index (χ1) is 30.7. The Morgan fingerprint density at radius 3 is 1.45 bits per heavy atom. The van der Waals surface area contributed by atoms with Gasteiger partial charge in [-0.05, 0) is 85.0 Å². The average molecular weight is 806 g/mol. The highest BCUT2D eigenvalue weighted by Crippen LogP contribution is 2.63. The minimum atomic E-state index is -0.375. The van der Waals surface area contributed by atoms with Gasteiger partial charge in [0.1, 0.15) is 0 Å². The molecular formula is C58H35N3S. The molecule has 288 valence electrons. The molecule has 13 rings (SSSR count). The molecule has 62 heavy (non-hydrogen) atoms. The zero-order valence-corrected chi connectivity index (χ0v) is 34.3. The number of fused-ring (bicyclic) bond motifs is 13. The minimum Gasteiger partial charge on any atom is -0.208 e. The van der Waals surface area contributed by atoms with Crippen molar-refractivity contribution in [2.24, 2.45) is 0 Å². The van der Waals surface area contributed by atoms with Crippen molar-refractivity contribution in [3.05, 3.63) is 235 Å². The number of thiophene rings is 1. The van der Waals surface area contributed by atoms with Gasteiger partial charge in [0.25, 0.3) is 0 Å². The number of hydrogen-bond donors (Lipinski definition) is 0. The molecule has 2 aliphatic carbocycles. The molecule has 0 saturated carbocycles. The van der Waals surface area contributed by atoms with Crippen molar-refractivity contribution in [2.75, 3.05) is 0 Å². The third-order valence-corrected chi connectivity index (χ3v) is 14.1. The maximum absolute atomic E-state index is 5.21. The molecule has 2 heterocycles. The van der Waals surface area contributed by atoms with E-state index in [1.54, 1.807) is 11.3 Å². The highest BCUT2D eigenvalue weighted by molar-refractivity contribution is 7.25. The normalized spacial score (nSPS) is 13.0. The lowest BCUT2D eigenvalue weighted by atomic mass is 9.70. The first-order valence-corrected chi connectivity index (χ1v) is 21.9. The molecule has 2 aromatic heterocycles. The second kappa shape index (κ2) is 13.6. The lowest BCUT2D eigenvalue weighted by molar-refractivity contribution is 0.794. The highest BCUT2D eigenvalue weighted by Gasteiger charge is 2.51. The van der Waals surface area contributed by atoms with E-state index in [4.69, 9.17) is 15.0 Å². The summed E-state index contributed by atoms with van der Waals surface area (Å²) in [7, 11) is 0. The molecule has 0 atom stereocenters. The molecule has 4 heteroatoms. The van der Waals surface area contributed by atoms with Gasteiger partial charge >= 0.3 is 0 Å². The van der Waals surface area contributed by atoms with E-state index in [0.29, 0.717) is 17.5 Å². The van der Waals surface area contributed by atoms with Crippen LogP contribution in [0, 0.1) is 0 Å². The SMILES string of the molecule is c1ccc(-c2nc(-c3ccc4c(c3)sc3ccccc34)nc(-c3ccccc3-c3ccc(-c4ccc5c(c4)C4(c6ccccc6-c6ccccc64)c4ccccc4-5)cc3)n2)cc1. The minimum absolute atomic E-state index is 0.375. The van der Waals surface area contributed by atoms with E-state index in [0.717, 1.165) is 27.8 Å². The summed E-state index contributed by atoms with van der Waals surface area (Å²) in [5, 5.41) is 2.52. The van der Waals surface area contributed by atoms with Crippen molar-refractivity contribution < 1.29 is 0 Å². The van der Waals surface area contributed by atoms with Crippen molar-refractivity contribution >= 4 is 31.5 Å². The number of aromatic nitrogens is 3. The van der Waals surface area contributed by atoms with Gasteiger partial charge in [0.05, 0.1) is 5.41 Å². The fraction of sp³-hybridized carbons (Fsp3) is 0.0172. The van der Waals surface area contributed by atoms with Crippen molar-refractivity contribution in [1.29, 1.82) is 0 Å². The fourth-order valence-corrected chi connectivity index (χ4v) is 11.4. The molecule has 0 radical (unpaired) electrons. The summed E-state index contributed by atoms with van der Waals surface area (Å²) in [4.78, 5) is 15.4. The van der Waals surface area contributed by atoms with Crippen molar-refractivity contribution in [1.82, 2.24) is 15.0 Å². The zero-order chi connectivity index (χ0) is 40.8. The quantitative estimate of drug-likeness (QED) is 0.174. The summed E-state index contributed by atoms with van der Waals surface area (Å²) < 4.78 is 2.49. The van der Waals surface area contributed by atoms with E-state index in [2.05, 4.69) is 194 Å². The molecule has 11 aromatic rings. The molecule has 0 saturated heterocycles. The molecule has 0 bridgehead atoms. The van der Waals surface area contributed by atoms with Crippen LogP contribution in [0.2, 0.25) is 0 Å². The number of hydrogen-bond acceptors (Lipinski definition) is 4. The first-order valence-electron chi connectivity index (χ1n) is 21.1. The predicted octanol–water partition coefficient (Wildman–Crippen LogP) is 14.9. The van der Waals surface area contributed by atoms with Gasteiger partial charge in [-0.1, -0.05) is 194 Å². The summed E-state index contributed by atoms with van der Waals surface area (Å²) in [6, 6.07) is 76.9. The predicted molar refractivity (Wildman–Crippen MR) is 256 cm³/mol. The van der Waals surface area contributed by atoms with E-state index in [9.17, 15) is 0 Å². The molecule has 0 aliphatic heterocycles. The topological polar surface area (TPSA) is 38.7 Å². The summed E-state index contributed by atoms with van der Waals surface area (Å²) in [5.41, 5.74) is 17.7. The van der Waals surface area contributed by atoms with Crippen LogP contribution < -0.4 is 0 Å². The Morgan fingerprint density at radius 2 is 0.758 bits per heavy atom. The van der Waals surface area contributed by atoms with E-state index >= 15 is 0 Å². The van der Waals surface area contributed by atoms with Gasteiger partial charge in [0.2, 0.25) is 0 Å². The van der Waals surface area contributed by atoms with E-state index in [1.165, 1.54) is 75.8 Å². The molecule has 2 aliphatic rings. The fourth-order valence-electron chi connectivity index (χ4n) is 10.3. The maximum atomic E-state index is 5.21. The third kappa shape index (κ3) is 5.14. The second-order valence-electron chi connectivity index (χ2n) is 16.3. The standard InChI is InChI=1S/C58H35N3S/c1-2-14-38(15-3-1)55-59-56(40-31-33-47-46-20-9-13-25-53(46)62-54(47)35-40)61-57(60-55)48-21-5-4-16-41(48)37-28-26-36(27-29-37)39-30-32-45-44-19-8-12-24-51(44)58(52(45)34-39)49-22-10-6-17-42(49)43-18-7-11-23-50(43)58/h1-35H. The Kier molecular flexibility index (Phi) is 7.69. The third-order valence-electron chi connectivity index (χ3n) is 13.0. The molecule has 0 unspecified atom stereocenters. The monoisotopic (exact) mass is 805 g/mol. The number of benzene rings is 9. The van der Waals surface area contributed by atoms with Gasteiger partial charge < -0.3 is 0 Å². The Morgan fingerprint density at radius 1 is 0.274 bits per heavy atom. The van der Waals surface area contributed by atoms with Crippen LogP contribution in [-0.2, 0) is 5.41 Å². The van der Waals surface area contributed by atoms with Crippen LogP contribution in [0.25, 0.3) is 98.8 Å². The van der Waals surface area contributed by atoms with Crippen LogP contribution in [0.15, 0.2) is 212 Å². The first kappa shape index (κ1) is 35.0. The molecule has 0 amide bonds. The van der Waals surface area contributed by atoms with Crippen molar-refractivity contribution in [2.45, 2.75) is 5.41 Å². The smallest absolute Gasteiger partial charge is 0.164 e. The number of nitrogens with zero attached hydrogens (tertiary/aromatic N) is 3. The van der Waals surface area contributed by atoms with E-state index in [-0.39, 0.29) is 5.41 Å². The van der Waals surface area contributed by atoms with Crippen molar-refractivity contribution in [3.8, 4) is 78.7 Å². The Bertz CT molecular complexity index is 3520. The van der Waals surface area contributed by atoms with Crippen LogP contribution in [0.4, 0.5) is 0 Å². The molecule has 1 spiro atoms. The zero-order valence-electron chi connectivity index (χ0n) is 33.5. The van der Waals surface area contributed by atoms with Crippen molar-refractivity contribution in [3.63, 3.8) is 0 Å². The molecule has 3 nitrogen and oxygen atoms in total. The number of rotatable bonds is 5. The van der Waals surface area contributed by atoms with Gasteiger partial charge in [-0.15, -0.1) is 11.3 Å². The largest absolute Gasteiger partial charge is 0.208 e. The van der Waals surface area contributed by atoms with Crippen LogP contribution >= 0.6 is 11.3 Å². The summed E-state index contributed by atoms with van der Waals surface area (Å²) in [5.74, 6) is 1.95. The van der Waals surface area contributed by atoms with Crippen LogP contribution in [0.5, 0.6) is 0 Å². The van der Waals surface area contributed by atoms with Gasteiger partial charge in [-0.3, -0.25) is 0 Å². The average Bonchev–Trinajstić information content (AvgIpc) is 3.98. The molecular weight excluding hydrogens is 771 g/mol. The maximum Gasteiger partial charge on any atom is 0.164 e. The van der Waals surface area contributed by atoms with Crippen LogP contribution in [0.3, 0.4) is 0 Å². The Labute approximate surface area is 363 Å². The van der Waals surface area contributed by atoms with Gasteiger partial charge in [0.15, 0.2) is 17.5 Å². The lowest BCUT2D eigenvalue weighted by Gasteiger charge is -2.30. The van der Waals surface area contributed by atoms with Crippen LogP contribution in [-0.4, -0.2) is 15.0 Å². The van der Waals surface area contributed by atoms with E-state index in [1.807, 2.05) is 18.2 Å². The Balaban J connectivity index is 0.914. The second-order valence-corrected chi connectivity index (χ2v) is 17.3. The molecule has 9 aromatic carbocycles. The van der Waals surface area contributed by atoms with Gasteiger partial charge in [0, 0.05) is 36.9 Å². The molecule has 0 fully saturated rings. The van der Waals surface area contributed by atoms with Gasteiger partial charge in [-0.2, -0.15) is 0 Å². The summed E-state index contributed by atoms with van der Waals surface area (Å²) in [6.07, 6.45) is 0. The van der Waals surface area contributed by atoms with Gasteiger partial charge in [-0.25, -0.2) is 15.0 Å². The summed E-state index contributed by atoms with van der Waals surface area (Å²) >= 11 is 1.80.